The molecule has 1 aliphatic rings. The number of rotatable bonds is 3. The number of hydrogen-bond acceptors (Lipinski definition) is 3. The lowest BCUT2D eigenvalue weighted by molar-refractivity contribution is -0.00118. The van der Waals surface area contributed by atoms with Gasteiger partial charge < -0.3 is 10.1 Å². The average molecular weight is 368 g/mol. The molecule has 3 aromatic rings. The summed E-state index contributed by atoms with van der Waals surface area (Å²) in [6.07, 6.45) is -0.104. The Kier molecular flexibility index (Phi) is 4.49. The van der Waals surface area contributed by atoms with Crippen LogP contribution in [0.1, 0.15) is 33.4 Å². The zero-order valence-corrected chi connectivity index (χ0v) is 15.0. The Morgan fingerprint density at radius 3 is 2.65 bits per heavy atom. The highest BCUT2D eigenvalue weighted by Gasteiger charge is 2.24. The number of nitrogens with zero attached hydrogens (tertiary/aromatic N) is 2. The van der Waals surface area contributed by atoms with Crippen molar-refractivity contribution in [3.05, 3.63) is 82.1 Å². The van der Waals surface area contributed by atoms with E-state index in [0.29, 0.717) is 23.9 Å². The smallest absolute Gasteiger partial charge is 0.276 e. The maximum Gasteiger partial charge on any atom is 0.276 e. The lowest BCUT2D eigenvalue weighted by Crippen LogP contribution is -2.22. The molecule has 132 valence electrons. The van der Waals surface area contributed by atoms with Crippen LogP contribution in [-0.2, 0) is 17.9 Å². The number of carbonyl (C=O) groups excluding carboxylic acids is 1. The van der Waals surface area contributed by atoms with E-state index >= 15 is 0 Å². The van der Waals surface area contributed by atoms with Crippen molar-refractivity contribution in [3.63, 3.8) is 0 Å². The second kappa shape index (κ2) is 6.94. The number of ether oxygens (including phenoxy) is 1. The summed E-state index contributed by atoms with van der Waals surface area (Å²) in [6.45, 7) is 2.99. The Morgan fingerprint density at radius 1 is 1.19 bits per heavy atom. The zero-order valence-electron chi connectivity index (χ0n) is 14.3. The molecule has 5 nitrogen and oxygen atoms in total. The highest BCUT2D eigenvalue weighted by molar-refractivity contribution is 6.30. The van der Waals surface area contributed by atoms with E-state index in [0.717, 1.165) is 22.5 Å². The Labute approximate surface area is 156 Å². The topological polar surface area (TPSA) is 56.2 Å². The number of aryl methyl sites for hydroxylation is 1. The Hall–Kier alpha value is -2.63. The third kappa shape index (κ3) is 3.49. The second-order valence-corrected chi connectivity index (χ2v) is 6.81. The molecule has 0 radical (unpaired) electrons. The fourth-order valence-corrected chi connectivity index (χ4v) is 3.07. The number of fused-ring (bicyclic) bond motifs is 1. The van der Waals surface area contributed by atoms with Crippen molar-refractivity contribution in [1.82, 2.24) is 9.78 Å². The van der Waals surface area contributed by atoms with E-state index in [1.54, 1.807) is 6.07 Å². The Balaban J connectivity index is 1.49. The standard InChI is InChI=1S/C20H18ClN3O2/c1-13-2-8-16(9-3-13)22-20(25)18-10-17-12-26-19(11-24(17)23-18)14-4-6-15(21)7-5-14/h2-10,19H,11-12H2,1H3,(H,22,25)/t19-/m0/s1. The molecule has 1 aliphatic heterocycles. The van der Waals surface area contributed by atoms with E-state index in [1.165, 1.54) is 0 Å². The van der Waals surface area contributed by atoms with Crippen molar-refractivity contribution < 1.29 is 9.53 Å². The first kappa shape index (κ1) is 16.8. The molecule has 0 saturated carbocycles. The van der Waals surface area contributed by atoms with Gasteiger partial charge in [0.25, 0.3) is 5.91 Å². The van der Waals surface area contributed by atoms with Crippen LogP contribution in [0.15, 0.2) is 54.6 Å². The number of halogens is 1. The molecule has 2 heterocycles. The van der Waals surface area contributed by atoms with Crippen LogP contribution in [0.4, 0.5) is 5.69 Å². The van der Waals surface area contributed by atoms with Gasteiger partial charge in [-0.15, -0.1) is 0 Å². The molecule has 1 aromatic heterocycles. The van der Waals surface area contributed by atoms with E-state index < -0.39 is 0 Å². The molecule has 4 rings (SSSR count). The maximum absolute atomic E-state index is 12.5. The summed E-state index contributed by atoms with van der Waals surface area (Å²) in [5.41, 5.74) is 4.22. The number of carbonyl (C=O) groups is 1. The monoisotopic (exact) mass is 367 g/mol. The SMILES string of the molecule is Cc1ccc(NC(=O)c2cc3n(n2)C[C@@H](c2ccc(Cl)cc2)OC3)cc1. The van der Waals surface area contributed by atoms with Crippen LogP contribution in [0.25, 0.3) is 0 Å². The van der Waals surface area contributed by atoms with Gasteiger partial charge in [-0.25, -0.2) is 0 Å². The molecule has 6 heteroatoms. The minimum atomic E-state index is -0.223. The zero-order chi connectivity index (χ0) is 18.1. The number of hydrogen-bond donors (Lipinski definition) is 1. The van der Waals surface area contributed by atoms with Gasteiger partial charge >= 0.3 is 0 Å². The van der Waals surface area contributed by atoms with Crippen LogP contribution in [0.3, 0.4) is 0 Å². The minimum Gasteiger partial charge on any atom is -0.365 e. The van der Waals surface area contributed by atoms with Crippen LogP contribution in [0, 0.1) is 6.92 Å². The van der Waals surface area contributed by atoms with E-state index in [9.17, 15) is 4.79 Å². The van der Waals surface area contributed by atoms with Crippen molar-refractivity contribution in [2.75, 3.05) is 5.32 Å². The van der Waals surface area contributed by atoms with Crippen LogP contribution in [0.2, 0.25) is 5.02 Å². The van der Waals surface area contributed by atoms with Gasteiger partial charge in [0.15, 0.2) is 5.69 Å². The van der Waals surface area contributed by atoms with Gasteiger partial charge in [0.1, 0.15) is 6.10 Å². The first-order valence-electron chi connectivity index (χ1n) is 8.40. The molecule has 1 atom stereocenters. The largest absolute Gasteiger partial charge is 0.365 e. The van der Waals surface area contributed by atoms with Crippen molar-refractivity contribution in [3.8, 4) is 0 Å². The van der Waals surface area contributed by atoms with E-state index in [1.807, 2.05) is 60.1 Å². The lowest BCUT2D eigenvalue weighted by Gasteiger charge is -2.24. The van der Waals surface area contributed by atoms with Gasteiger partial charge in [0.2, 0.25) is 0 Å². The predicted octanol–water partition coefficient (Wildman–Crippen LogP) is 4.37. The third-order valence-electron chi connectivity index (χ3n) is 4.42. The average Bonchev–Trinajstić information content (AvgIpc) is 3.08. The fraction of sp³-hybridized carbons (Fsp3) is 0.200. The summed E-state index contributed by atoms with van der Waals surface area (Å²) in [6, 6.07) is 17.0. The van der Waals surface area contributed by atoms with E-state index in [4.69, 9.17) is 16.3 Å². The van der Waals surface area contributed by atoms with Crippen LogP contribution in [-0.4, -0.2) is 15.7 Å². The number of nitrogens with one attached hydrogen (secondary N) is 1. The summed E-state index contributed by atoms with van der Waals surface area (Å²) < 4.78 is 7.76. The molecule has 1 N–H and O–H groups in total. The Morgan fingerprint density at radius 2 is 1.92 bits per heavy atom. The van der Waals surface area contributed by atoms with E-state index in [2.05, 4.69) is 10.4 Å². The molecule has 26 heavy (non-hydrogen) atoms. The molecular formula is C20H18ClN3O2. The lowest BCUT2D eigenvalue weighted by atomic mass is 10.1. The van der Waals surface area contributed by atoms with Gasteiger partial charge in [0.05, 0.1) is 18.8 Å². The highest BCUT2D eigenvalue weighted by Crippen LogP contribution is 2.27. The molecular weight excluding hydrogens is 350 g/mol. The molecule has 2 aromatic carbocycles. The van der Waals surface area contributed by atoms with Crippen LogP contribution in [0.5, 0.6) is 0 Å². The van der Waals surface area contributed by atoms with Crippen molar-refractivity contribution in [1.29, 1.82) is 0 Å². The van der Waals surface area contributed by atoms with Gasteiger partial charge in [-0.2, -0.15) is 5.10 Å². The first-order chi connectivity index (χ1) is 12.6. The summed E-state index contributed by atoms with van der Waals surface area (Å²) in [5.74, 6) is -0.223. The van der Waals surface area contributed by atoms with Crippen molar-refractivity contribution in [2.45, 2.75) is 26.2 Å². The molecule has 0 saturated heterocycles. The Bertz CT molecular complexity index is 933. The quantitative estimate of drug-likeness (QED) is 0.747. The number of amides is 1. The van der Waals surface area contributed by atoms with Gasteiger partial charge in [-0.3, -0.25) is 9.48 Å². The summed E-state index contributed by atoms with van der Waals surface area (Å²) in [7, 11) is 0. The van der Waals surface area contributed by atoms with Gasteiger partial charge in [-0.1, -0.05) is 41.4 Å². The number of anilines is 1. The molecule has 0 bridgehead atoms. The van der Waals surface area contributed by atoms with Crippen molar-refractivity contribution >= 4 is 23.2 Å². The molecule has 0 spiro atoms. The van der Waals surface area contributed by atoms with Crippen LogP contribution < -0.4 is 5.32 Å². The minimum absolute atomic E-state index is 0.104. The highest BCUT2D eigenvalue weighted by atomic mass is 35.5. The first-order valence-corrected chi connectivity index (χ1v) is 8.78. The second-order valence-electron chi connectivity index (χ2n) is 6.37. The van der Waals surface area contributed by atoms with Crippen LogP contribution >= 0.6 is 11.6 Å². The molecule has 0 aliphatic carbocycles. The molecule has 0 fully saturated rings. The number of benzene rings is 2. The normalized spacial score (nSPS) is 16.2. The van der Waals surface area contributed by atoms with Gasteiger partial charge in [0, 0.05) is 10.7 Å². The third-order valence-corrected chi connectivity index (χ3v) is 4.67. The molecule has 1 amide bonds. The predicted molar refractivity (Wildman–Crippen MR) is 100 cm³/mol. The summed E-state index contributed by atoms with van der Waals surface area (Å²) in [4.78, 5) is 12.5. The molecule has 0 unspecified atom stereocenters. The summed E-state index contributed by atoms with van der Waals surface area (Å²) in [5, 5.41) is 8.02. The van der Waals surface area contributed by atoms with E-state index in [-0.39, 0.29) is 12.0 Å². The fourth-order valence-electron chi connectivity index (χ4n) is 2.95. The van der Waals surface area contributed by atoms with Gasteiger partial charge in [-0.05, 0) is 42.8 Å². The van der Waals surface area contributed by atoms with Crippen molar-refractivity contribution in [2.24, 2.45) is 0 Å². The maximum atomic E-state index is 12.5. The summed E-state index contributed by atoms with van der Waals surface area (Å²) >= 11 is 5.94. The number of aromatic nitrogens is 2.